The monoisotopic (exact) mass is 304 g/mol. The number of aromatic nitrogens is 1. The number of hydrogen-bond acceptors (Lipinski definition) is 3. The Bertz CT molecular complexity index is 704. The lowest BCUT2D eigenvalue weighted by Crippen LogP contribution is -2.31. The first-order chi connectivity index (χ1) is 9.99. The minimum atomic E-state index is -0.718. The van der Waals surface area contributed by atoms with Crippen molar-refractivity contribution in [2.24, 2.45) is 5.41 Å². The molecule has 1 aliphatic rings. The van der Waals surface area contributed by atoms with Gasteiger partial charge in [-0.2, -0.15) is 0 Å². The Labute approximate surface area is 128 Å². The van der Waals surface area contributed by atoms with Gasteiger partial charge in [0, 0.05) is 29.7 Å². The molecule has 1 aromatic carbocycles. The number of benzene rings is 1. The average Bonchev–Trinajstić information content (AvgIpc) is 2.85. The molecule has 110 valence electrons. The third kappa shape index (κ3) is 2.61. The first-order valence-corrected chi connectivity index (χ1v) is 7.35. The van der Waals surface area contributed by atoms with Crippen molar-refractivity contribution < 1.29 is 9.90 Å². The second-order valence-electron chi connectivity index (χ2n) is 5.93. The van der Waals surface area contributed by atoms with Gasteiger partial charge in [0.05, 0.1) is 10.9 Å². The maximum absolute atomic E-state index is 11.3. The molecule has 4 nitrogen and oxygen atoms in total. The van der Waals surface area contributed by atoms with Crippen molar-refractivity contribution in [2.75, 3.05) is 13.1 Å². The standard InChI is InChI=1S/C16H17ClN2O2/c1-16(15(20)21)6-8-19(10-16)9-11-4-5-13(17)12-3-2-7-18-14(11)12/h2-5,7H,6,8-10H2,1H3,(H,20,21). The van der Waals surface area contributed by atoms with Gasteiger partial charge in [-0.25, -0.2) is 0 Å². The van der Waals surface area contributed by atoms with Crippen molar-refractivity contribution in [1.29, 1.82) is 0 Å². The van der Waals surface area contributed by atoms with Crippen LogP contribution in [0.15, 0.2) is 30.5 Å². The summed E-state index contributed by atoms with van der Waals surface area (Å²) in [4.78, 5) is 17.9. The molecule has 3 rings (SSSR count). The number of likely N-dealkylation sites (tertiary alicyclic amines) is 1. The van der Waals surface area contributed by atoms with Crippen LogP contribution >= 0.6 is 11.6 Å². The third-order valence-electron chi connectivity index (χ3n) is 4.26. The summed E-state index contributed by atoms with van der Waals surface area (Å²) in [5.41, 5.74) is 1.34. The molecule has 0 bridgehead atoms. The van der Waals surface area contributed by atoms with Gasteiger partial charge in [-0.15, -0.1) is 0 Å². The molecule has 1 unspecified atom stereocenters. The number of aliphatic carboxylic acids is 1. The Morgan fingerprint density at radius 3 is 3.00 bits per heavy atom. The van der Waals surface area contributed by atoms with Gasteiger partial charge in [-0.05, 0) is 43.7 Å². The van der Waals surface area contributed by atoms with E-state index < -0.39 is 11.4 Å². The van der Waals surface area contributed by atoms with E-state index in [-0.39, 0.29) is 0 Å². The molecule has 0 spiro atoms. The lowest BCUT2D eigenvalue weighted by Gasteiger charge is -2.20. The molecule has 2 aromatic rings. The van der Waals surface area contributed by atoms with Crippen LogP contribution in [0.5, 0.6) is 0 Å². The van der Waals surface area contributed by atoms with Gasteiger partial charge in [0.2, 0.25) is 0 Å². The van der Waals surface area contributed by atoms with E-state index in [1.54, 1.807) is 6.20 Å². The number of carboxylic acids is 1. The van der Waals surface area contributed by atoms with E-state index >= 15 is 0 Å². The molecule has 5 heteroatoms. The third-order valence-corrected chi connectivity index (χ3v) is 4.59. The number of pyridine rings is 1. The van der Waals surface area contributed by atoms with Crippen LogP contribution in [0.25, 0.3) is 10.9 Å². The molecule has 1 atom stereocenters. The fourth-order valence-corrected chi connectivity index (χ4v) is 3.15. The molecule has 0 amide bonds. The lowest BCUT2D eigenvalue weighted by atomic mass is 9.90. The van der Waals surface area contributed by atoms with Crippen LogP contribution in [0.1, 0.15) is 18.9 Å². The van der Waals surface area contributed by atoms with Crippen LogP contribution in [-0.2, 0) is 11.3 Å². The predicted octanol–water partition coefficient (Wildman–Crippen LogP) is 3.18. The summed E-state index contributed by atoms with van der Waals surface area (Å²) in [5.74, 6) is -0.718. The van der Waals surface area contributed by atoms with Gasteiger partial charge in [0.1, 0.15) is 0 Å². The number of nitrogens with zero attached hydrogens (tertiary/aromatic N) is 2. The molecule has 1 fully saturated rings. The van der Waals surface area contributed by atoms with E-state index in [0.29, 0.717) is 24.5 Å². The van der Waals surface area contributed by atoms with Crippen molar-refractivity contribution in [2.45, 2.75) is 19.9 Å². The van der Waals surface area contributed by atoms with E-state index in [9.17, 15) is 9.90 Å². The molecule has 1 aromatic heterocycles. The zero-order valence-corrected chi connectivity index (χ0v) is 12.6. The molecule has 1 N–H and O–H groups in total. The van der Waals surface area contributed by atoms with E-state index in [2.05, 4.69) is 9.88 Å². The number of fused-ring (bicyclic) bond motifs is 1. The van der Waals surface area contributed by atoms with Crippen LogP contribution in [0.3, 0.4) is 0 Å². The predicted molar refractivity (Wildman–Crippen MR) is 82.4 cm³/mol. The van der Waals surface area contributed by atoms with Crippen molar-refractivity contribution in [1.82, 2.24) is 9.88 Å². The molecule has 21 heavy (non-hydrogen) atoms. The first kappa shape index (κ1) is 14.3. The van der Waals surface area contributed by atoms with E-state index in [4.69, 9.17) is 11.6 Å². The van der Waals surface area contributed by atoms with E-state index in [0.717, 1.165) is 23.0 Å². The largest absolute Gasteiger partial charge is 0.481 e. The normalized spacial score (nSPS) is 22.8. The number of rotatable bonds is 3. The highest BCUT2D eigenvalue weighted by Crippen LogP contribution is 2.32. The zero-order chi connectivity index (χ0) is 15.0. The molecule has 0 saturated carbocycles. The molecule has 0 aliphatic carbocycles. The van der Waals surface area contributed by atoms with Crippen molar-refractivity contribution >= 4 is 28.5 Å². The molecule has 0 radical (unpaired) electrons. The van der Waals surface area contributed by atoms with Crippen molar-refractivity contribution in [3.05, 3.63) is 41.0 Å². The Morgan fingerprint density at radius 1 is 1.48 bits per heavy atom. The highest BCUT2D eigenvalue weighted by Gasteiger charge is 2.40. The Kier molecular flexibility index (Phi) is 3.59. The minimum Gasteiger partial charge on any atom is -0.481 e. The van der Waals surface area contributed by atoms with Gasteiger partial charge in [-0.1, -0.05) is 17.7 Å². The van der Waals surface area contributed by atoms with Crippen LogP contribution in [0.4, 0.5) is 0 Å². The highest BCUT2D eigenvalue weighted by molar-refractivity contribution is 6.35. The number of halogens is 1. The van der Waals surface area contributed by atoms with Gasteiger partial charge in [-0.3, -0.25) is 14.7 Å². The molecule has 2 heterocycles. The van der Waals surface area contributed by atoms with Crippen LogP contribution < -0.4 is 0 Å². The summed E-state index contributed by atoms with van der Waals surface area (Å²) in [5, 5.41) is 10.9. The number of hydrogen-bond donors (Lipinski definition) is 1. The molecule has 1 aliphatic heterocycles. The summed E-state index contributed by atoms with van der Waals surface area (Å²) >= 11 is 6.20. The fraction of sp³-hybridized carbons (Fsp3) is 0.375. The summed E-state index contributed by atoms with van der Waals surface area (Å²) < 4.78 is 0. The Hall–Kier alpha value is -1.65. The SMILES string of the molecule is CC1(C(=O)O)CCN(Cc2ccc(Cl)c3cccnc23)C1. The minimum absolute atomic E-state index is 0.569. The maximum atomic E-state index is 11.3. The summed E-state index contributed by atoms with van der Waals surface area (Å²) in [6.45, 7) is 3.88. The molecule has 1 saturated heterocycles. The summed E-state index contributed by atoms with van der Waals surface area (Å²) in [6, 6.07) is 7.69. The Balaban J connectivity index is 1.87. The first-order valence-electron chi connectivity index (χ1n) is 6.97. The lowest BCUT2D eigenvalue weighted by molar-refractivity contribution is -0.147. The number of carbonyl (C=O) groups is 1. The van der Waals surface area contributed by atoms with Gasteiger partial charge in [0.15, 0.2) is 0 Å². The van der Waals surface area contributed by atoms with Gasteiger partial charge in [0.25, 0.3) is 0 Å². The average molecular weight is 305 g/mol. The van der Waals surface area contributed by atoms with Crippen molar-refractivity contribution in [3.63, 3.8) is 0 Å². The number of carboxylic acid groups (broad SMARTS) is 1. The zero-order valence-electron chi connectivity index (χ0n) is 11.8. The van der Waals surface area contributed by atoms with Crippen LogP contribution in [0.2, 0.25) is 5.02 Å². The highest BCUT2D eigenvalue weighted by atomic mass is 35.5. The van der Waals surface area contributed by atoms with Gasteiger partial charge >= 0.3 is 5.97 Å². The fourth-order valence-electron chi connectivity index (χ4n) is 2.93. The van der Waals surface area contributed by atoms with Gasteiger partial charge < -0.3 is 5.11 Å². The van der Waals surface area contributed by atoms with Crippen LogP contribution in [-0.4, -0.2) is 34.0 Å². The topological polar surface area (TPSA) is 53.4 Å². The van der Waals surface area contributed by atoms with E-state index in [1.807, 2.05) is 31.2 Å². The molecular weight excluding hydrogens is 288 g/mol. The summed E-state index contributed by atoms with van der Waals surface area (Å²) in [6.07, 6.45) is 2.44. The smallest absolute Gasteiger partial charge is 0.310 e. The summed E-state index contributed by atoms with van der Waals surface area (Å²) in [7, 11) is 0. The maximum Gasteiger partial charge on any atom is 0.310 e. The van der Waals surface area contributed by atoms with Crippen LogP contribution in [0, 0.1) is 5.41 Å². The second-order valence-corrected chi connectivity index (χ2v) is 6.34. The second kappa shape index (κ2) is 5.28. The Morgan fingerprint density at radius 2 is 2.29 bits per heavy atom. The van der Waals surface area contributed by atoms with E-state index in [1.165, 1.54) is 0 Å². The quantitative estimate of drug-likeness (QED) is 0.946. The van der Waals surface area contributed by atoms with Crippen molar-refractivity contribution in [3.8, 4) is 0 Å². The molecular formula is C16H17ClN2O2.